The van der Waals surface area contributed by atoms with Crippen LogP contribution in [-0.2, 0) is 13.1 Å². The van der Waals surface area contributed by atoms with Crippen molar-refractivity contribution in [3.05, 3.63) is 39.0 Å². The highest BCUT2D eigenvalue weighted by molar-refractivity contribution is 9.11. The Kier molecular flexibility index (Phi) is 6.66. The summed E-state index contributed by atoms with van der Waals surface area (Å²) >= 11 is 7.06. The first-order valence-corrected chi connectivity index (χ1v) is 8.45. The maximum Gasteiger partial charge on any atom is 0.138 e. The summed E-state index contributed by atoms with van der Waals surface area (Å²) in [6.07, 6.45) is 4.57. The number of rotatable bonds is 8. The molecule has 2 rings (SSSR count). The van der Waals surface area contributed by atoms with Crippen LogP contribution in [0.4, 0.5) is 0 Å². The molecule has 5 nitrogen and oxygen atoms in total. The average Bonchev–Trinajstić information content (AvgIpc) is 2.95. The van der Waals surface area contributed by atoms with Crippen molar-refractivity contribution in [3.63, 3.8) is 0 Å². The third-order valence-corrected chi connectivity index (χ3v) is 3.95. The van der Waals surface area contributed by atoms with Gasteiger partial charge in [-0.1, -0.05) is 21.1 Å². The minimum Gasteiger partial charge on any atom is -0.492 e. The van der Waals surface area contributed by atoms with E-state index in [4.69, 9.17) is 4.74 Å². The average molecular weight is 418 g/mol. The van der Waals surface area contributed by atoms with E-state index in [2.05, 4.69) is 53.6 Å². The van der Waals surface area contributed by atoms with Gasteiger partial charge in [-0.05, 0) is 48.0 Å². The van der Waals surface area contributed by atoms with Crippen molar-refractivity contribution in [2.24, 2.45) is 0 Å². The van der Waals surface area contributed by atoms with Gasteiger partial charge in [0.15, 0.2) is 0 Å². The Morgan fingerprint density at radius 1 is 1.33 bits per heavy atom. The summed E-state index contributed by atoms with van der Waals surface area (Å²) in [5, 5.41) is 11.2. The van der Waals surface area contributed by atoms with Crippen molar-refractivity contribution < 1.29 is 4.74 Å². The van der Waals surface area contributed by atoms with Crippen molar-refractivity contribution in [3.8, 4) is 5.75 Å². The van der Waals surface area contributed by atoms with Crippen LogP contribution >= 0.6 is 31.9 Å². The Balaban J connectivity index is 1.84. The van der Waals surface area contributed by atoms with Crippen molar-refractivity contribution in [2.75, 3.05) is 13.2 Å². The number of nitrogens with one attached hydrogen (secondary N) is 1. The molecule has 0 radical (unpaired) electrons. The normalized spacial score (nSPS) is 10.8. The molecule has 0 atom stereocenters. The summed E-state index contributed by atoms with van der Waals surface area (Å²) in [7, 11) is 0. The van der Waals surface area contributed by atoms with Gasteiger partial charge >= 0.3 is 0 Å². The highest BCUT2D eigenvalue weighted by Gasteiger charge is 2.09. The molecule has 0 unspecified atom stereocenters. The van der Waals surface area contributed by atoms with Crippen LogP contribution in [0.5, 0.6) is 5.75 Å². The number of benzene rings is 1. The molecule has 0 saturated carbocycles. The summed E-state index contributed by atoms with van der Waals surface area (Å²) in [5.74, 6) is 0.907. The zero-order chi connectivity index (χ0) is 15.1. The number of ether oxygens (including phenoxy) is 1. The zero-order valence-electron chi connectivity index (χ0n) is 11.9. The lowest BCUT2D eigenvalue weighted by Crippen LogP contribution is -2.17. The molecule has 1 aromatic heterocycles. The lowest BCUT2D eigenvalue weighted by Gasteiger charge is -2.13. The number of hydrogen-bond acceptors (Lipinski definition) is 4. The van der Waals surface area contributed by atoms with Crippen LogP contribution in [0.2, 0.25) is 0 Å². The van der Waals surface area contributed by atoms with Crippen LogP contribution in [-0.4, -0.2) is 28.1 Å². The molecule has 0 fully saturated rings. The maximum atomic E-state index is 5.71. The van der Waals surface area contributed by atoms with Gasteiger partial charge in [0.05, 0.1) is 17.3 Å². The highest BCUT2D eigenvalue weighted by Crippen LogP contribution is 2.32. The smallest absolute Gasteiger partial charge is 0.138 e. The third kappa shape index (κ3) is 5.09. The van der Waals surface area contributed by atoms with E-state index in [0.29, 0.717) is 6.61 Å². The topological polar surface area (TPSA) is 52.0 Å². The summed E-state index contributed by atoms with van der Waals surface area (Å²) < 4.78 is 9.55. The molecule has 1 aromatic carbocycles. The van der Waals surface area contributed by atoms with Gasteiger partial charge in [0.25, 0.3) is 0 Å². The summed E-state index contributed by atoms with van der Waals surface area (Å²) in [5.41, 5.74) is 1.14. The van der Waals surface area contributed by atoms with Crippen LogP contribution in [0.1, 0.15) is 18.9 Å². The Hall–Kier alpha value is -0.920. The molecule has 0 aliphatic carbocycles. The van der Waals surface area contributed by atoms with E-state index in [1.54, 1.807) is 6.20 Å². The van der Waals surface area contributed by atoms with Gasteiger partial charge in [-0.3, -0.25) is 4.68 Å². The lowest BCUT2D eigenvalue weighted by molar-refractivity contribution is 0.333. The first kappa shape index (κ1) is 16.5. The number of aryl methyl sites for hydroxylation is 1. The van der Waals surface area contributed by atoms with Crippen LogP contribution < -0.4 is 10.1 Å². The fraction of sp³-hybridized carbons (Fsp3) is 0.429. The summed E-state index contributed by atoms with van der Waals surface area (Å²) in [6.45, 7) is 5.19. The fourth-order valence-electron chi connectivity index (χ4n) is 1.99. The van der Waals surface area contributed by atoms with E-state index in [1.165, 1.54) is 0 Å². The number of halogens is 2. The minimum absolute atomic E-state index is 0.652. The van der Waals surface area contributed by atoms with E-state index in [1.807, 2.05) is 23.9 Å². The second kappa shape index (κ2) is 8.51. The predicted molar refractivity (Wildman–Crippen MR) is 89.4 cm³/mol. The molecule has 0 saturated heterocycles. The molecule has 1 heterocycles. The Bertz CT molecular complexity index is 560. The fourth-order valence-corrected chi connectivity index (χ4v) is 3.42. The standard InChI is InChI=1S/C14H18Br2N4O/c1-2-21-14-11(8-12(15)9-13(14)16)10-17-4-3-6-20-7-5-18-19-20/h5,7-9,17H,2-4,6,10H2,1H3. The molecule has 1 N–H and O–H groups in total. The first-order chi connectivity index (χ1) is 10.2. The molecular formula is C14H18Br2N4O. The lowest BCUT2D eigenvalue weighted by atomic mass is 10.2. The van der Waals surface area contributed by atoms with Gasteiger partial charge in [-0.25, -0.2) is 0 Å². The van der Waals surface area contributed by atoms with Crippen molar-refractivity contribution in [1.82, 2.24) is 20.3 Å². The van der Waals surface area contributed by atoms with E-state index >= 15 is 0 Å². The van der Waals surface area contributed by atoms with Gasteiger partial charge in [-0.15, -0.1) is 5.10 Å². The molecule has 114 valence electrons. The largest absolute Gasteiger partial charge is 0.492 e. The third-order valence-electron chi connectivity index (χ3n) is 2.90. The number of hydrogen-bond donors (Lipinski definition) is 1. The molecule has 0 spiro atoms. The number of aromatic nitrogens is 3. The molecule has 0 amide bonds. The molecular weight excluding hydrogens is 400 g/mol. The van der Waals surface area contributed by atoms with E-state index in [-0.39, 0.29) is 0 Å². The van der Waals surface area contributed by atoms with Gasteiger partial charge < -0.3 is 10.1 Å². The van der Waals surface area contributed by atoms with Crippen molar-refractivity contribution in [2.45, 2.75) is 26.4 Å². The van der Waals surface area contributed by atoms with E-state index < -0.39 is 0 Å². The molecule has 2 aromatic rings. The number of nitrogens with zero attached hydrogens (tertiary/aromatic N) is 3. The molecule has 0 aliphatic heterocycles. The van der Waals surface area contributed by atoms with Crippen LogP contribution in [0.25, 0.3) is 0 Å². The minimum atomic E-state index is 0.652. The van der Waals surface area contributed by atoms with Gasteiger partial charge in [-0.2, -0.15) is 0 Å². The van der Waals surface area contributed by atoms with E-state index in [0.717, 1.165) is 46.3 Å². The van der Waals surface area contributed by atoms with Crippen LogP contribution in [0.15, 0.2) is 33.5 Å². The molecule has 21 heavy (non-hydrogen) atoms. The second-order valence-electron chi connectivity index (χ2n) is 4.51. The molecule has 0 bridgehead atoms. The molecule has 0 aliphatic rings. The predicted octanol–water partition coefficient (Wildman–Crippen LogP) is 3.38. The summed E-state index contributed by atoms with van der Waals surface area (Å²) in [6, 6.07) is 4.08. The Labute approximate surface area is 141 Å². The van der Waals surface area contributed by atoms with Gasteiger partial charge in [0, 0.05) is 29.3 Å². The maximum absolute atomic E-state index is 5.71. The Morgan fingerprint density at radius 3 is 2.90 bits per heavy atom. The van der Waals surface area contributed by atoms with Gasteiger partial charge in [0.1, 0.15) is 5.75 Å². The van der Waals surface area contributed by atoms with E-state index in [9.17, 15) is 0 Å². The molecule has 7 heteroatoms. The van der Waals surface area contributed by atoms with Crippen molar-refractivity contribution in [1.29, 1.82) is 0 Å². The second-order valence-corrected chi connectivity index (χ2v) is 6.28. The quantitative estimate of drug-likeness (QED) is 0.669. The van der Waals surface area contributed by atoms with Gasteiger partial charge in [0.2, 0.25) is 0 Å². The summed E-state index contributed by atoms with van der Waals surface area (Å²) in [4.78, 5) is 0. The first-order valence-electron chi connectivity index (χ1n) is 6.86. The monoisotopic (exact) mass is 416 g/mol. The SMILES string of the molecule is CCOc1c(Br)cc(Br)cc1CNCCCn1ccnn1. The highest BCUT2D eigenvalue weighted by atomic mass is 79.9. The Morgan fingerprint density at radius 2 is 2.19 bits per heavy atom. The van der Waals surface area contributed by atoms with Crippen LogP contribution in [0.3, 0.4) is 0 Å². The zero-order valence-corrected chi connectivity index (χ0v) is 15.0. The van der Waals surface area contributed by atoms with Crippen molar-refractivity contribution >= 4 is 31.9 Å². The van der Waals surface area contributed by atoms with Crippen LogP contribution in [0, 0.1) is 0 Å².